The lowest BCUT2D eigenvalue weighted by Gasteiger charge is -2.19. The highest BCUT2D eigenvalue weighted by Gasteiger charge is 2.00. The minimum Gasteiger partial charge on any atom is -0.380 e. The van der Waals surface area contributed by atoms with E-state index in [9.17, 15) is 4.39 Å². The number of nitrogens with zero attached hydrogens (tertiary/aromatic N) is 1. The van der Waals surface area contributed by atoms with Gasteiger partial charge in [0.2, 0.25) is 0 Å². The van der Waals surface area contributed by atoms with Crippen molar-refractivity contribution in [2.24, 2.45) is 0 Å². The molecule has 0 aromatic heterocycles. The van der Waals surface area contributed by atoms with Crippen LogP contribution in [-0.4, -0.2) is 39.9 Å². The van der Waals surface area contributed by atoms with Gasteiger partial charge in [0, 0.05) is 39.0 Å². The average molecular weight is 240 g/mol. The van der Waals surface area contributed by atoms with Crippen molar-refractivity contribution in [3.05, 3.63) is 30.1 Å². The maximum absolute atomic E-state index is 12.7. The van der Waals surface area contributed by atoms with E-state index in [2.05, 4.69) is 10.2 Å². The van der Waals surface area contributed by atoms with Crippen LogP contribution in [0.15, 0.2) is 24.3 Å². The SMILES string of the molecule is CCOCCNCCN(C)c1ccc(F)cc1. The molecule has 0 saturated heterocycles. The minimum absolute atomic E-state index is 0.197. The quantitative estimate of drug-likeness (QED) is 0.702. The van der Waals surface area contributed by atoms with Gasteiger partial charge in [-0.05, 0) is 31.2 Å². The molecule has 0 aliphatic rings. The normalized spacial score (nSPS) is 10.5. The first-order chi connectivity index (χ1) is 8.24. The Kier molecular flexibility index (Phi) is 6.58. The summed E-state index contributed by atoms with van der Waals surface area (Å²) < 4.78 is 18.0. The lowest BCUT2D eigenvalue weighted by atomic mass is 10.3. The van der Waals surface area contributed by atoms with Gasteiger partial charge >= 0.3 is 0 Å². The van der Waals surface area contributed by atoms with Crippen molar-refractivity contribution < 1.29 is 9.13 Å². The molecule has 0 spiro atoms. The molecule has 0 unspecified atom stereocenters. The first-order valence-corrected chi connectivity index (χ1v) is 5.99. The fourth-order valence-corrected chi connectivity index (χ4v) is 1.49. The van der Waals surface area contributed by atoms with Crippen molar-refractivity contribution in [3.8, 4) is 0 Å². The Labute approximate surface area is 103 Å². The second kappa shape index (κ2) is 8.03. The third-order valence-corrected chi connectivity index (χ3v) is 2.52. The molecule has 0 heterocycles. The molecule has 0 aliphatic heterocycles. The second-order valence-electron chi connectivity index (χ2n) is 3.84. The lowest BCUT2D eigenvalue weighted by Crippen LogP contribution is -2.31. The summed E-state index contributed by atoms with van der Waals surface area (Å²) >= 11 is 0. The van der Waals surface area contributed by atoms with Crippen molar-refractivity contribution in [1.29, 1.82) is 0 Å². The maximum Gasteiger partial charge on any atom is 0.123 e. The average Bonchev–Trinajstić information content (AvgIpc) is 2.34. The van der Waals surface area contributed by atoms with Crippen LogP contribution in [0.1, 0.15) is 6.92 Å². The molecule has 1 aromatic carbocycles. The van der Waals surface area contributed by atoms with E-state index in [1.165, 1.54) is 12.1 Å². The van der Waals surface area contributed by atoms with Gasteiger partial charge < -0.3 is 15.0 Å². The molecular weight excluding hydrogens is 219 g/mol. The van der Waals surface area contributed by atoms with E-state index in [-0.39, 0.29) is 5.82 Å². The van der Waals surface area contributed by atoms with Crippen molar-refractivity contribution in [2.75, 3.05) is 44.8 Å². The Bertz CT molecular complexity index is 303. The molecule has 1 rings (SSSR count). The van der Waals surface area contributed by atoms with Crippen LogP contribution in [0.3, 0.4) is 0 Å². The zero-order valence-electron chi connectivity index (χ0n) is 10.6. The van der Waals surface area contributed by atoms with Crippen molar-refractivity contribution >= 4 is 5.69 Å². The summed E-state index contributed by atoms with van der Waals surface area (Å²) in [6, 6.07) is 6.54. The monoisotopic (exact) mass is 240 g/mol. The summed E-state index contributed by atoms with van der Waals surface area (Å²) in [5.41, 5.74) is 1.03. The van der Waals surface area contributed by atoms with Crippen LogP contribution in [0.2, 0.25) is 0 Å². The fourth-order valence-electron chi connectivity index (χ4n) is 1.49. The number of likely N-dealkylation sites (N-methyl/N-ethyl adjacent to an activating group) is 1. The largest absolute Gasteiger partial charge is 0.380 e. The van der Waals surface area contributed by atoms with Crippen molar-refractivity contribution in [1.82, 2.24) is 5.32 Å². The zero-order chi connectivity index (χ0) is 12.5. The summed E-state index contributed by atoms with van der Waals surface area (Å²) in [5, 5.41) is 3.29. The Morgan fingerprint density at radius 1 is 1.24 bits per heavy atom. The van der Waals surface area contributed by atoms with Gasteiger partial charge in [-0.15, -0.1) is 0 Å². The highest BCUT2D eigenvalue weighted by atomic mass is 19.1. The predicted molar refractivity (Wildman–Crippen MR) is 69.0 cm³/mol. The number of rotatable bonds is 8. The standard InChI is InChI=1S/C13H21FN2O/c1-3-17-11-9-15-8-10-16(2)13-6-4-12(14)5-7-13/h4-7,15H,3,8-11H2,1-2H3. The molecule has 0 aliphatic carbocycles. The number of halogens is 1. The van der Waals surface area contributed by atoms with E-state index >= 15 is 0 Å². The Hall–Kier alpha value is -1.13. The summed E-state index contributed by atoms with van der Waals surface area (Å²) in [6.45, 7) is 6.14. The molecule has 3 nitrogen and oxygen atoms in total. The van der Waals surface area contributed by atoms with Gasteiger partial charge in [0.05, 0.1) is 6.61 Å². The van der Waals surface area contributed by atoms with E-state index < -0.39 is 0 Å². The summed E-state index contributed by atoms with van der Waals surface area (Å²) in [5.74, 6) is -0.197. The lowest BCUT2D eigenvalue weighted by molar-refractivity contribution is 0.149. The van der Waals surface area contributed by atoms with Crippen LogP contribution < -0.4 is 10.2 Å². The molecule has 0 bridgehead atoms. The molecule has 0 radical (unpaired) electrons. The highest BCUT2D eigenvalue weighted by Crippen LogP contribution is 2.12. The Morgan fingerprint density at radius 2 is 1.94 bits per heavy atom. The maximum atomic E-state index is 12.7. The fraction of sp³-hybridized carbons (Fsp3) is 0.538. The number of benzene rings is 1. The third kappa shape index (κ3) is 5.65. The first kappa shape index (κ1) is 13.9. The van der Waals surface area contributed by atoms with Crippen molar-refractivity contribution in [2.45, 2.75) is 6.92 Å². The van der Waals surface area contributed by atoms with E-state index in [4.69, 9.17) is 4.74 Å². The topological polar surface area (TPSA) is 24.5 Å². The predicted octanol–water partition coefficient (Wildman–Crippen LogP) is 1.89. The Morgan fingerprint density at radius 3 is 2.59 bits per heavy atom. The van der Waals surface area contributed by atoms with Crippen molar-refractivity contribution in [3.63, 3.8) is 0 Å². The van der Waals surface area contributed by atoms with Crippen LogP contribution in [0.4, 0.5) is 10.1 Å². The molecule has 96 valence electrons. The molecule has 0 atom stereocenters. The first-order valence-electron chi connectivity index (χ1n) is 5.99. The molecule has 0 fully saturated rings. The zero-order valence-corrected chi connectivity index (χ0v) is 10.6. The number of nitrogens with one attached hydrogen (secondary N) is 1. The molecule has 1 aromatic rings. The molecule has 4 heteroatoms. The smallest absolute Gasteiger partial charge is 0.123 e. The van der Waals surface area contributed by atoms with E-state index in [0.717, 1.165) is 38.5 Å². The summed E-state index contributed by atoms with van der Waals surface area (Å²) in [7, 11) is 2.00. The molecular formula is C13H21FN2O. The Balaban J connectivity index is 2.16. The van der Waals surface area contributed by atoms with Gasteiger partial charge in [0.1, 0.15) is 5.82 Å². The number of hydrogen-bond acceptors (Lipinski definition) is 3. The van der Waals surface area contributed by atoms with E-state index in [1.807, 2.05) is 14.0 Å². The van der Waals surface area contributed by atoms with Gasteiger partial charge in [0.15, 0.2) is 0 Å². The second-order valence-corrected chi connectivity index (χ2v) is 3.84. The van der Waals surface area contributed by atoms with E-state index in [0.29, 0.717) is 0 Å². The van der Waals surface area contributed by atoms with Crippen LogP contribution in [0, 0.1) is 5.82 Å². The van der Waals surface area contributed by atoms with Crippen LogP contribution in [0.5, 0.6) is 0 Å². The third-order valence-electron chi connectivity index (χ3n) is 2.52. The van der Waals surface area contributed by atoms with Gasteiger partial charge in [-0.25, -0.2) is 4.39 Å². The summed E-state index contributed by atoms with van der Waals surface area (Å²) in [4.78, 5) is 2.09. The summed E-state index contributed by atoms with van der Waals surface area (Å²) in [6.07, 6.45) is 0. The number of ether oxygens (including phenoxy) is 1. The minimum atomic E-state index is -0.197. The highest BCUT2D eigenvalue weighted by molar-refractivity contribution is 5.45. The number of anilines is 1. The van der Waals surface area contributed by atoms with Gasteiger partial charge in [0.25, 0.3) is 0 Å². The molecule has 1 N–H and O–H groups in total. The number of hydrogen-bond donors (Lipinski definition) is 1. The molecule has 0 amide bonds. The van der Waals surface area contributed by atoms with Gasteiger partial charge in [-0.1, -0.05) is 0 Å². The van der Waals surface area contributed by atoms with E-state index in [1.54, 1.807) is 12.1 Å². The van der Waals surface area contributed by atoms with Crippen LogP contribution in [-0.2, 0) is 4.74 Å². The van der Waals surface area contributed by atoms with Crippen LogP contribution in [0.25, 0.3) is 0 Å². The van der Waals surface area contributed by atoms with Gasteiger partial charge in [-0.2, -0.15) is 0 Å². The van der Waals surface area contributed by atoms with Gasteiger partial charge in [-0.3, -0.25) is 0 Å². The molecule has 17 heavy (non-hydrogen) atoms. The molecule has 0 saturated carbocycles. The van der Waals surface area contributed by atoms with Crippen LogP contribution >= 0.6 is 0 Å².